The molecule has 0 spiro atoms. The third kappa shape index (κ3) is 2.82. The molecular formula is C19H16N4O5. The molecular weight excluding hydrogens is 364 g/mol. The number of rotatable bonds is 5. The molecule has 0 saturated carbocycles. The van der Waals surface area contributed by atoms with Crippen LogP contribution in [0.2, 0.25) is 0 Å². The van der Waals surface area contributed by atoms with E-state index < -0.39 is 11.1 Å². The molecule has 2 aromatic carbocycles. The first-order valence-corrected chi connectivity index (χ1v) is 8.36. The van der Waals surface area contributed by atoms with Gasteiger partial charge in [-0.25, -0.2) is 9.97 Å². The number of methoxy groups -OCH3 is 2. The zero-order valence-electron chi connectivity index (χ0n) is 15.1. The van der Waals surface area contributed by atoms with Crippen LogP contribution in [0, 0.1) is 0 Å². The minimum Gasteiger partial charge on any atom is -0.494 e. The third-order valence-electron chi connectivity index (χ3n) is 4.23. The standard InChI is InChI=1S/C19H16N4O5/c1-26-16-13-15(17(27-2)12-14(16)20-9-21-18(12)24)22-11(23-19(13)25)8-28-10-6-4-3-5-7-10/h3-7,9H,8H2,1-2H3,(H,20,21,24)(H,22,23,25). The van der Waals surface area contributed by atoms with Crippen molar-refractivity contribution >= 4 is 21.8 Å². The van der Waals surface area contributed by atoms with Crippen molar-refractivity contribution in [1.82, 2.24) is 19.9 Å². The van der Waals surface area contributed by atoms with Gasteiger partial charge in [-0.3, -0.25) is 9.59 Å². The van der Waals surface area contributed by atoms with Crippen molar-refractivity contribution in [3.8, 4) is 17.2 Å². The predicted octanol–water partition coefficient (Wildman–Crippen LogP) is 1.76. The molecule has 9 heteroatoms. The van der Waals surface area contributed by atoms with E-state index in [-0.39, 0.29) is 45.7 Å². The highest BCUT2D eigenvalue weighted by atomic mass is 16.5. The number of hydrogen-bond acceptors (Lipinski definition) is 7. The Morgan fingerprint density at radius 3 is 2.32 bits per heavy atom. The molecule has 0 bridgehead atoms. The van der Waals surface area contributed by atoms with Crippen molar-refractivity contribution in [3.05, 3.63) is 63.2 Å². The van der Waals surface area contributed by atoms with Crippen LogP contribution in [0.15, 0.2) is 46.2 Å². The molecule has 0 aliphatic carbocycles. The van der Waals surface area contributed by atoms with Crippen LogP contribution >= 0.6 is 0 Å². The Labute approximate surface area is 157 Å². The highest BCUT2D eigenvalue weighted by Crippen LogP contribution is 2.37. The Kier molecular flexibility index (Phi) is 4.40. The molecule has 9 nitrogen and oxygen atoms in total. The number of aromatic nitrogens is 4. The molecule has 142 valence electrons. The summed E-state index contributed by atoms with van der Waals surface area (Å²) in [6.45, 7) is 0.0299. The lowest BCUT2D eigenvalue weighted by molar-refractivity contribution is 0.296. The Morgan fingerprint density at radius 1 is 0.929 bits per heavy atom. The molecule has 0 aliphatic rings. The summed E-state index contributed by atoms with van der Waals surface area (Å²) in [6.07, 6.45) is 1.24. The van der Waals surface area contributed by atoms with Crippen LogP contribution < -0.4 is 25.3 Å². The lowest BCUT2D eigenvalue weighted by Crippen LogP contribution is -2.17. The first-order valence-electron chi connectivity index (χ1n) is 8.36. The van der Waals surface area contributed by atoms with Gasteiger partial charge in [0.15, 0.2) is 11.5 Å². The second kappa shape index (κ2) is 7.03. The quantitative estimate of drug-likeness (QED) is 0.506. The average Bonchev–Trinajstić information content (AvgIpc) is 2.72. The molecule has 0 aliphatic heterocycles. The fourth-order valence-corrected chi connectivity index (χ4v) is 3.05. The van der Waals surface area contributed by atoms with Gasteiger partial charge in [-0.15, -0.1) is 0 Å². The zero-order chi connectivity index (χ0) is 19.7. The normalized spacial score (nSPS) is 10.9. The second-order valence-electron chi connectivity index (χ2n) is 5.86. The third-order valence-corrected chi connectivity index (χ3v) is 4.23. The summed E-state index contributed by atoms with van der Waals surface area (Å²) < 4.78 is 16.5. The van der Waals surface area contributed by atoms with Crippen LogP contribution in [0.3, 0.4) is 0 Å². The Hall–Kier alpha value is -3.88. The summed E-state index contributed by atoms with van der Waals surface area (Å²) >= 11 is 0. The highest BCUT2D eigenvalue weighted by molar-refractivity contribution is 6.07. The SMILES string of the molecule is COc1c2nc(COc3ccccc3)[nH]c(=O)c2c(OC)c2nc[nH]c(=O)c12. The lowest BCUT2D eigenvalue weighted by atomic mass is 10.1. The van der Waals surface area contributed by atoms with Crippen LogP contribution in [0.1, 0.15) is 5.82 Å². The number of hydrogen-bond donors (Lipinski definition) is 2. The van der Waals surface area contributed by atoms with Gasteiger partial charge in [0.25, 0.3) is 11.1 Å². The summed E-state index contributed by atoms with van der Waals surface area (Å²) in [5.74, 6) is 1.21. The zero-order valence-corrected chi connectivity index (χ0v) is 15.1. The Morgan fingerprint density at radius 2 is 1.61 bits per heavy atom. The van der Waals surface area contributed by atoms with E-state index in [1.165, 1.54) is 20.5 Å². The molecule has 4 aromatic rings. The van der Waals surface area contributed by atoms with E-state index in [0.717, 1.165) is 0 Å². The van der Waals surface area contributed by atoms with E-state index in [1.807, 2.05) is 18.2 Å². The number of nitrogens with zero attached hydrogens (tertiary/aromatic N) is 2. The second-order valence-corrected chi connectivity index (χ2v) is 5.86. The molecule has 28 heavy (non-hydrogen) atoms. The van der Waals surface area contributed by atoms with Crippen molar-refractivity contribution in [2.45, 2.75) is 6.61 Å². The molecule has 0 saturated heterocycles. The maximum atomic E-state index is 12.8. The van der Waals surface area contributed by atoms with Crippen LogP contribution in [0.5, 0.6) is 17.2 Å². The molecule has 2 heterocycles. The number of nitrogens with one attached hydrogen (secondary N) is 2. The largest absolute Gasteiger partial charge is 0.494 e. The smallest absolute Gasteiger partial charge is 0.262 e. The van der Waals surface area contributed by atoms with E-state index in [9.17, 15) is 9.59 Å². The monoisotopic (exact) mass is 380 g/mol. The van der Waals surface area contributed by atoms with Gasteiger partial charge in [-0.2, -0.15) is 0 Å². The summed E-state index contributed by atoms with van der Waals surface area (Å²) in [6, 6.07) is 9.14. The Balaban J connectivity index is 1.96. The van der Waals surface area contributed by atoms with Crippen molar-refractivity contribution in [1.29, 1.82) is 0 Å². The fraction of sp³-hybridized carbons (Fsp3) is 0.158. The van der Waals surface area contributed by atoms with Gasteiger partial charge < -0.3 is 24.2 Å². The molecule has 0 radical (unpaired) electrons. The molecule has 0 unspecified atom stereocenters. The number of ether oxygens (including phenoxy) is 3. The van der Waals surface area contributed by atoms with Crippen molar-refractivity contribution < 1.29 is 14.2 Å². The van der Waals surface area contributed by atoms with Crippen LogP contribution in [-0.4, -0.2) is 34.2 Å². The molecule has 4 rings (SSSR count). The number of aromatic amines is 2. The maximum absolute atomic E-state index is 12.8. The van der Waals surface area contributed by atoms with Gasteiger partial charge >= 0.3 is 0 Å². The molecule has 0 amide bonds. The van der Waals surface area contributed by atoms with Gasteiger partial charge in [-0.1, -0.05) is 18.2 Å². The van der Waals surface area contributed by atoms with Gasteiger partial charge in [0, 0.05) is 0 Å². The van der Waals surface area contributed by atoms with Gasteiger partial charge in [-0.05, 0) is 12.1 Å². The maximum Gasteiger partial charge on any atom is 0.262 e. The number of fused-ring (bicyclic) bond motifs is 2. The first-order chi connectivity index (χ1) is 13.6. The minimum absolute atomic E-state index is 0.0299. The fourth-order valence-electron chi connectivity index (χ4n) is 3.05. The van der Waals surface area contributed by atoms with E-state index in [1.54, 1.807) is 12.1 Å². The lowest BCUT2D eigenvalue weighted by Gasteiger charge is -2.13. The van der Waals surface area contributed by atoms with E-state index >= 15 is 0 Å². The predicted molar refractivity (Wildman–Crippen MR) is 102 cm³/mol. The summed E-state index contributed by atoms with van der Waals surface area (Å²) in [7, 11) is 2.80. The number of para-hydroxylation sites is 1. The molecule has 0 atom stereocenters. The highest BCUT2D eigenvalue weighted by Gasteiger charge is 2.23. The molecule has 2 N–H and O–H groups in total. The van der Waals surface area contributed by atoms with Crippen LogP contribution in [-0.2, 0) is 6.61 Å². The van der Waals surface area contributed by atoms with E-state index in [4.69, 9.17) is 14.2 Å². The summed E-state index contributed by atoms with van der Waals surface area (Å²) in [4.78, 5) is 39.0. The Bertz CT molecular complexity index is 1280. The summed E-state index contributed by atoms with van der Waals surface area (Å²) in [5, 5.41) is 0.302. The van der Waals surface area contributed by atoms with Crippen molar-refractivity contribution in [3.63, 3.8) is 0 Å². The van der Waals surface area contributed by atoms with Gasteiger partial charge in [0.1, 0.15) is 40.0 Å². The molecule has 2 aromatic heterocycles. The van der Waals surface area contributed by atoms with E-state index in [0.29, 0.717) is 5.75 Å². The molecule has 0 fully saturated rings. The van der Waals surface area contributed by atoms with Crippen LogP contribution in [0.25, 0.3) is 21.8 Å². The first kappa shape index (κ1) is 17.5. The summed E-state index contributed by atoms with van der Waals surface area (Å²) in [5.41, 5.74) is -0.459. The van der Waals surface area contributed by atoms with Gasteiger partial charge in [0.2, 0.25) is 0 Å². The van der Waals surface area contributed by atoms with Gasteiger partial charge in [0.05, 0.1) is 20.5 Å². The number of benzene rings is 2. The van der Waals surface area contributed by atoms with E-state index in [2.05, 4.69) is 19.9 Å². The average molecular weight is 380 g/mol. The van der Waals surface area contributed by atoms with Crippen molar-refractivity contribution in [2.75, 3.05) is 14.2 Å². The topological polar surface area (TPSA) is 119 Å². The van der Waals surface area contributed by atoms with Crippen LogP contribution in [0.4, 0.5) is 0 Å². The minimum atomic E-state index is -0.448. The van der Waals surface area contributed by atoms with Crippen molar-refractivity contribution in [2.24, 2.45) is 0 Å². The number of H-pyrrole nitrogens is 2.